The van der Waals surface area contributed by atoms with E-state index in [1.54, 1.807) is 6.92 Å². The van der Waals surface area contributed by atoms with Crippen LogP contribution in [0.5, 0.6) is 5.75 Å². The van der Waals surface area contributed by atoms with Crippen molar-refractivity contribution in [2.75, 3.05) is 26.7 Å². The molecule has 6 nitrogen and oxygen atoms in total. The number of halogens is 1. The Morgan fingerprint density at radius 1 is 1.50 bits per heavy atom. The minimum atomic E-state index is -4.05. The molecule has 8 heteroatoms. The molecule has 0 atom stereocenters. The molecule has 0 unspecified atom stereocenters. The first kappa shape index (κ1) is 18.1. The Balaban J connectivity index is 3.11. The first-order valence-electron chi connectivity index (χ1n) is 6.58. The quantitative estimate of drug-likeness (QED) is 0.726. The third-order valence-corrected chi connectivity index (χ3v) is 4.80. The van der Waals surface area contributed by atoms with E-state index in [-0.39, 0.29) is 30.3 Å². The van der Waals surface area contributed by atoms with Crippen molar-refractivity contribution in [3.63, 3.8) is 0 Å². The molecule has 0 aliphatic rings. The molecule has 122 valence electrons. The van der Waals surface area contributed by atoms with Gasteiger partial charge in [0.15, 0.2) is 0 Å². The highest BCUT2D eigenvalue weighted by molar-refractivity contribution is 7.89. The monoisotopic (exact) mass is 330 g/mol. The molecule has 1 aromatic carbocycles. The summed E-state index contributed by atoms with van der Waals surface area (Å²) in [4.78, 5) is 11.4. The number of carbonyl (C=O) groups is 1. The van der Waals surface area contributed by atoms with Crippen LogP contribution in [-0.4, -0.2) is 45.4 Å². The molecule has 1 aromatic rings. The predicted octanol–water partition coefficient (Wildman–Crippen LogP) is 1.15. The van der Waals surface area contributed by atoms with E-state index in [0.29, 0.717) is 0 Å². The number of hydrogen-bond acceptors (Lipinski definition) is 4. The lowest BCUT2D eigenvalue weighted by Crippen LogP contribution is -2.40. The van der Waals surface area contributed by atoms with Gasteiger partial charge < -0.3 is 10.1 Å². The van der Waals surface area contributed by atoms with Gasteiger partial charge in [-0.3, -0.25) is 4.79 Å². The molecule has 1 amide bonds. The van der Waals surface area contributed by atoms with E-state index in [9.17, 15) is 17.6 Å². The number of ether oxygens (including phenoxy) is 1. The van der Waals surface area contributed by atoms with Crippen LogP contribution in [0.3, 0.4) is 0 Å². The molecule has 0 bridgehead atoms. The van der Waals surface area contributed by atoms with Crippen molar-refractivity contribution in [1.82, 2.24) is 9.62 Å². The van der Waals surface area contributed by atoms with Gasteiger partial charge in [-0.15, -0.1) is 6.58 Å². The van der Waals surface area contributed by atoms with Gasteiger partial charge in [-0.2, -0.15) is 4.31 Å². The third kappa shape index (κ3) is 4.28. The van der Waals surface area contributed by atoms with E-state index in [1.165, 1.54) is 19.3 Å². The maximum absolute atomic E-state index is 13.4. The van der Waals surface area contributed by atoms with Gasteiger partial charge in [0.2, 0.25) is 15.9 Å². The molecule has 0 aliphatic heterocycles. The first-order valence-corrected chi connectivity index (χ1v) is 8.02. The van der Waals surface area contributed by atoms with Crippen LogP contribution in [0.15, 0.2) is 35.7 Å². The lowest BCUT2D eigenvalue weighted by atomic mass is 10.3. The topological polar surface area (TPSA) is 75.7 Å². The van der Waals surface area contributed by atoms with Crippen molar-refractivity contribution in [1.29, 1.82) is 0 Å². The van der Waals surface area contributed by atoms with Gasteiger partial charge in [-0.1, -0.05) is 13.0 Å². The van der Waals surface area contributed by atoms with E-state index in [0.717, 1.165) is 16.4 Å². The van der Waals surface area contributed by atoms with Gasteiger partial charge in [-0.25, -0.2) is 12.8 Å². The number of sulfonamides is 1. The number of rotatable bonds is 8. The number of benzene rings is 1. The van der Waals surface area contributed by atoms with Crippen LogP contribution in [0.25, 0.3) is 0 Å². The summed E-state index contributed by atoms with van der Waals surface area (Å²) >= 11 is 0. The Morgan fingerprint density at radius 2 is 2.18 bits per heavy atom. The van der Waals surface area contributed by atoms with Crippen molar-refractivity contribution >= 4 is 15.9 Å². The molecular formula is C14H19FN2O4S. The highest BCUT2D eigenvalue weighted by atomic mass is 32.2. The maximum Gasteiger partial charge on any atom is 0.247 e. The van der Waals surface area contributed by atoms with Gasteiger partial charge in [0.25, 0.3) is 0 Å². The first-order chi connectivity index (χ1) is 10.4. The number of amides is 1. The Kier molecular flexibility index (Phi) is 6.51. The van der Waals surface area contributed by atoms with E-state index >= 15 is 0 Å². The smallest absolute Gasteiger partial charge is 0.247 e. The number of carbonyl (C=O) groups excluding carboxylic acids is 1. The van der Waals surface area contributed by atoms with Crippen LogP contribution < -0.4 is 10.1 Å². The second-order valence-corrected chi connectivity index (χ2v) is 6.23. The minimum absolute atomic E-state index is 0.0198. The van der Waals surface area contributed by atoms with Crippen LogP contribution >= 0.6 is 0 Å². The number of hydrogen-bond donors (Lipinski definition) is 1. The van der Waals surface area contributed by atoms with Gasteiger partial charge in [0.1, 0.15) is 16.5 Å². The zero-order chi connectivity index (χ0) is 16.8. The number of likely N-dealkylation sites (N-methyl/N-ethyl adjacent to an activating group) is 1. The van der Waals surface area contributed by atoms with Crippen LogP contribution in [-0.2, 0) is 14.8 Å². The second-order valence-electron chi connectivity index (χ2n) is 4.32. The lowest BCUT2D eigenvalue weighted by Gasteiger charge is -2.21. The van der Waals surface area contributed by atoms with E-state index in [2.05, 4.69) is 11.9 Å². The summed E-state index contributed by atoms with van der Waals surface area (Å²) in [6.45, 7) is 4.97. The standard InChI is InChI=1S/C14H19FN2O4S/c1-4-8-16-14(18)10-17(5-2)22(19,20)13-9-11(15)6-7-12(13)21-3/h4,6-7,9H,1,5,8,10H2,2-3H3,(H,16,18). The molecule has 0 aliphatic carbocycles. The van der Waals surface area contributed by atoms with Crippen molar-refractivity contribution in [2.24, 2.45) is 0 Å². The SMILES string of the molecule is C=CCNC(=O)CN(CC)S(=O)(=O)c1cc(F)ccc1OC. The highest BCUT2D eigenvalue weighted by Gasteiger charge is 2.28. The van der Waals surface area contributed by atoms with Crippen molar-refractivity contribution in [3.05, 3.63) is 36.7 Å². The summed E-state index contributed by atoms with van der Waals surface area (Å²) < 4.78 is 44.5. The summed E-state index contributed by atoms with van der Waals surface area (Å²) in [7, 11) is -2.76. The fraction of sp³-hybridized carbons (Fsp3) is 0.357. The number of nitrogens with one attached hydrogen (secondary N) is 1. The molecule has 0 spiro atoms. The Morgan fingerprint density at radius 3 is 2.73 bits per heavy atom. The Labute approximate surface area is 129 Å². The summed E-state index contributed by atoms with van der Waals surface area (Å²) in [5.41, 5.74) is 0. The molecular weight excluding hydrogens is 311 g/mol. The van der Waals surface area contributed by atoms with Crippen molar-refractivity contribution in [3.8, 4) is 5.75 Å². The van der Waals surface area contributed by atoms with Gasteiger partial charge in [0, 0.05) is 13.1 Å². The van der Waals surface area contributed by atoms with Gasteiger partial charge >= 0.3 is 0 Å². The van der Waals surface area contributed by atoms with Crippen LogP contribution in [0.2, 0.25) is 0 Å². The second kappa shape index (κ2) is 7.90. The lowest BCUT2D eigenvalue weighted by molar-refractivity contribution is -0.121. The molecule has 0 fully saturated rings. The van der Waals surface area contributed by atoms with Gasteiger partial charge in [-0.05, 0) is 18.2 Å². The number of methoxy groups -OCH3 is 1. The van der Waals surface area contributed by atoms with E-state index in [4.69, 9.17) is 4.74 Å². The van der Waals surface area contributed by atoms with Crippen molar-refractivity contribution in [2.45, 2.75) is 11.8 Å². The maximum atomic E-state index is 13.4. The third-order valence-electron chi connectivity index (χ3n) is 2.86. The zero-order valence-electron chi connectivity index (χ0n) is 12.5. The Bertz CT molecular complexity index is 646. The molecule has 22 heavy (non-hydrogen) atoms. The fourth-order valence-corrected chi connectivity index (χ4v) is 3.33. The van der Waals surface area contributed by atoms with Crippen LogP contribution in [0.4, 0.5) is 4.39 Å². The average Bonchev–Trinajstić information content (AvgIpc) is 2.50. The molecule has 0 saturated heterocycles. The summed E-state index contributed by atoms with van der Waals surface area (Å²) in [5.74, 6) is -1.15. The zero-order valence-corrected chi connectivity index (χ0v) is 13.3. The average molecular weight is 330 g/mol. The van der Waals surface area contributed by atoms with Crippen LogP contribution in [0, 0.1) is 5.82 Å². The highest BCUT2D eigenvalue weighted by Crippen LogP contribution is 2.27. The molecule has 1 rings (SSSR count). The molecule has 0 saturated carbocycles. The van der Waals surface area contributed by atoms with E-state index in [1.807, 2.05) is 0 Å². The van der Waals surface area contributed by atoms with E-state index < -0.39 is 21.7 Å². The summed E-state index contributed by atoms with van der Waals surface area (Å²) in [6, 6.07) is 3.21. The Hall–Kier alpha value is -1.93. The van der Waals surface area contributed by atoms with Crippen LogP contribution in [0.1, 0.15) is 6.92 Å². The summed E-state index contributed by atoms with van der Waals surface area (Å²) in [5, 5.41) is 2.49. The van der Waals surface area contributed by atoms with Gasteiger partial charge in [0.05, 0.1) is 13.7 Å². The molecule has 0 aromatic heterocycles. The summed E-state index contributed by atoms with van der Waals surface area (Å²) in [6.07, 6.45) is 1.48. The predicted molar refractivity (Wildman–Crippen MR) is 80.6 cm³/mol. The van der Waals surface area contributed by atoms with Crippen molar-refractivity contribution < 1.29 is 22.3 Å². The fourth-order valence-electron chi connectivity index (χ4n) is 1.76. The molecule has 1 N–H and O–H groups in total. The normalized spacial score (nSPS) is 11.3. The number of nitrogens with zero attached hydrogens (tertiary/aromatic N) is 1. The molecule has 0 radical (unpaired) electrons. The largest absolute Gasteiger partial charge is 0.495 e. The minimum Gasteiger partial charge on any atom is -0.495 e. The molecule has 0 heterocycles.